The molecule has 0 fully saturated rings. The molecule has 10 heteroatoms. The monoisotopic (exact) mass is 586 g/mol. The fourth-order valence-corrected chi connectivity index (χ4v) is 5.53. The molecule has 1 atom stereocenters. The smallest absolute Gasteiger partial charge is 0.236 e. The number of rotatable bonds is 9. The quantitative estimate of drug-likeness (QED) is 0.212. The van der Waals surface area contributed by atoms with E-state index in [-0.39, 0.29) is 40.9 Å². The minimum atomic E-state index is -3.75. The number of halogens is 2. The van der Waals surface area contributed by atoms with E-state index in [0.717, 1.165) is 28.1 Å². The van der Waals surface area contributed by atoms with Crippen molar-refractivity contribution in [3.8, 4) is 11.1 Å². The summed E-state index contributed by atoms with van der Waals surface area (Å²) in [5, 5.41) is 1.17. The van der Waals surface area contributed by atoms with Gasteiger partial charge in [-0.3, -0.25) is 9.59 Å². The summed E-state index contributed by atoms with van der Waals surface area (Å²) < 4.78 is 31.6. The highest BCUT2D eigenvalue weighted by Gasteiger charge is 2.25. The van der Waals surface area contributed by atoms with Crippen LogP contribution in [0.15, 0.2) is 65.1 Å². The van der Waals surface area contributed by atoms with Gasteiger partial charge in [-0.25, -0.2) is 12.7 Å². The number of nitrogen functional groups attached to an aromatic ring is 1. The first-order valence-corrected chi connectivity index (χ1v) is 14.9. The topological polar surface area (TPSA) is 111 Å². The number of carbonyl (C=O) groups excluding carboxylic acids is 2. The number of furan rings is 1. The molecule has 0 bridgehead atoms. The first kappa shape index (κ1) is 28.7. The molecule has 1 aromatic heterocycles. The Morgan fingerprint density at radius 1 is 1.03 bits per heavy atom. The zero-order valence-electron chi connectivity index (χ0n) is 21.7. The van der Waals surface area contributed by atoms with E-state index < -0.39 is 21.7 Å². The molecular weight excluding hydrogens is 559 g/mol. The van der Waals surface area contributed by atoms with Crippen LogP contribution in [0.5, 0.6) is 0 Å². The highest BCUT2D eigenvalue weighted by Crippen LogP contribution is 2.35. The summed E-state index contributed by atoms with van der Waals surface area (Å²) >= 11 is 12.2. The molecule has 0 aliphatic carbocycles. The van der Waals surface area contributed by atoms with E-state index in [0.29, 0.717) is 21.6 Å². The van der Waals surface area contributed by atoms with E-state index in [9.17, 15) is 18.0 Å². The van der Waals surface area contributed by atoms with Gasteiger partial charge in [-0.15, -0.1) is 0 Å². The molecule has 0 saturated heterocycles. The number of benzene rings is 3. The number of hydrogen-bond donors (Lipinski definition) is 1. The number of ketones is 1. The van der Waals surface area contributed by atoms with Crippen molar-refractivity contribution in [1.29, 1.82) is 0 Å². The van der Waals surface area contributed by atoms with Crippen molar-refractivity contribution >= 4 is 61.6 Å². The lowest BCUT2D eigenvalue weighted by Crippen LogP contribution is -2.36. The largest absolute Gasteiger partial charge is 0.450 e. The molecule has 0 saturated carbocycles. The Balaban J connectivity index is 1.65. The van der Waals surface area contributed by atoms with Crippen molar-refractivity contribution in [2.45, 2.75) is 33.2 Å². The van der Waals surface area contributed by atoms with Crippen molar-refractivity contribution < 1.29 is 22.4 Å². The highest BCUT2D eigenvalue weighted by molar-refractivity contribution is 7.88. The molecule has 4 rings (SSSR count). The Kier molecular flexibility index (Phi) is 8.39. The molecular formula is C29H28Cl2N2O5S. The summed E-state index contributed by atoms with van der Waals surface area (Å²) in [7, 11) is -3.75. The summed E-state index contributed by atoms with van der Waals surface area (Å²) in [5.41, 5.74) is 9.28. The van der Waals surface area contributed by atoms with Gasteiger partial charge in [-0.2, -0.15) is 0 Å². The molecule has 0 radical (unpaired) electrons. The number of fused-ring (bicyclic) bond motifs is 1. The van der Waals surface area contributed by atoms with Gasteiger partial charge in [0.25, 0.3) is 0 Å². The molecule has 0 unspecified atom stereocenters. The molecule has 0 spiro atoms. The van der Waals surface area contributed by atoms with Gasteiger partial charge in [0.05, 0.1) is 23.5 Å². The second-order valence-electron chi connectivity index (χ2n) is 9.59. The third-order valence-electron chi connectivity index (χ3n) is 6.60. The summed E-state index contributed by atoms with van der Waals surface area (Å²) in [6, 6.07) is 17.2. The molecule has 4 aromatic rings. The lowest BCUT2D eigenvalue weighted by atomic mass is 10.0. The third kappa shape index (κ3) is 6.30. The van der Waals surface area contributed by atoms with Gasteiger partial charge >= 0.3 is 0 Å². The molecule has 1 amide bonds. The van der Waals surface area contributed by atoms with Crippen LogP contribution in [0.1, 0.15) is 48.4 Å². The lowest BCUT2D eigenvalue weighted by molar-refractivity contribution is -0.127. The number of amides is 1. The van der Waals surface area contributed by atoms with Gasteiger partial charge in [-0.05, 0) is 59.0 Å². The number of carbonyl (C=O) groups is 2. The van der Waals surface area contributed by atoms with Crippen molar-refractivity contribution in [3.63, 3.8) is 0 Å². The van der Waals surface area contributed by atoms with E-state index >= 15 is 0 Å². The van der Waals surface area contributed by atoms with Crippen LogP contribution in [-0.2, 0) is 21.4 Å². The average molecular weight is 588 g/mol. The van der Waals surface area contributed by atoms with Gasteiger partial charge in [0.15, 0.2) is 5.76 Å². The van der Waals surface area contributed by atoms with E-state index in [4.69, 9.17) is 33.4 Å². The van der Waals surface area contributed by atoms with E-state index in [2.05, 4.69) is 0 Å². The lowest BCUT2D eigenvalue weighted by Gasteiger charge is -2.22. The summed E-state index contributed by atoms with van der Waals surface area (Å²) in [4.78, 5) is 25.9. The minimum Gasteiger partial charge on any atom is -0.450 e. The second kappa shape index (κ2) is 11.4. The Morgan fingerprint density at radius 3 is 2.41 bits per heavy atom. The Bertz CT molecular complexity index is 1680. The normalized spacial score (nSPS) is 12.4. The maximum Gasteiger partial charge on any atom is 0.236 e. The molecule has 1 heterocycles. The van der Waals surface area contributed by atoms with Crippen molar-refractivity contribution in [1.82, 2.24) is 4.31 Å². The Labute approximate surface area is 237 Å². The van der Waals surface area contributed by atoms with Gasteiger partial charge < -0.3 is 10.2 Å². The van der Waals surface area contributed by atoms with Crippen molar-refractivity contribution in [2.75, 3.05) is 12.0 Å². The molecule has 3 aromatic carbocycles. The zero-order chi connectivity index (χ0) is 28.5. The molecule has 204 valence electrons. The summed E-state index contributed by atoms with van der Waals surface area (Å²) in [5.74, 6) is -0.837. The fraction of sp³-hybridized carbons (Fsp3) is 0.241. The highest BCUT2D eigenvalue weighted by atomic mass is 35.5. The van der Waals surface area contributed by atoms with Crippen LogP contribution in [-0.4, -0.2) is 30.7 Å². The zero-order valence-corrected chi connectivity index (χ0v) is 24.0. The predicted molar refractivity (Wildman–Crippen MR) is 155 cm³/mol. The van der Waals surface area contributed by atoms with Crippen LogP contribution >= 0.6 is 23.2 Å². The van der Waals surface area contributed by atoms with Crippen LogP contribution in [0.4, 0.5) is 5.69 Å². The fourth-order valence-electron chi connectivity index (χ4n) is 4.21. The van der Waals surface area contributed by atoms with Crippen molar-refractivity contribution in [2.24, 2.45) is 5.92 Å². The number of hydrogen-bond acceptors (Lipinski definition) is 6. The van der Waals surface area contributed by atoms with Gasteiger partial charge in [0, 0.05) is 22.4 Å². The number of nitrogens with two attached hydrogens (primary N) is 1. The number of nitrogens with zero attached hydrogens (tertiary/aromatic N) is 1. The summed E-state index contributed by atoms with van der Waals surface area (Å²) in [6.07, 6.45) is 1.97. The first-order chi connectivity index (χ1) is 18.4. The van der Waals surface area contributed by atoms with Crippen LogP contribution in [0, 0.1) is 5.92 Å². The van der Waals surface area contributed by atoms with Crippen LogP contribution in [0.3, 0.4) is 0 Å². The molecule has 39 heavy (non-hydrogen) atoms. The SMILES string of the molecule is CC[C@H](C)CC(=O)N(Cc1cccc(-c2ccc3c(N)c(C(=O)c4ccc(Cl)cc4Cl)oc3c2)c1)S(C)(=O)=O. The standard InChI is InChI=1S/C29H28Cl2N2O5S/c1-4-17(2)12-26(34)33(39(3,36)37)16-18-6-5-7-19(13-18)20-8-10-23-25(14-20)38-29(27(23)32)28(35)22-11-9-21(30)15-24(22)31/h5-11,13-15,17H,4,12,16,32H2,1-3H3/t17-/m0/s1. The van der Waals surface area contributed by atoms with E-state index in [1.807, 2.05) is 32.0 Å². The van der Waals surface area contributed by atoms with Crippen LogP contribution < -0.4 is 5.73 Å². The predicted octanol–water partition coefficient (Wildman–Crippen LogP) is 6.94. The van der Waals surface area contributed by atoms with Gasteiger partial charge in [0.2, 0.25) is 21.7 Å². The molecule has 2 N–H and O–H groups in total. The van der Waals surface area contributed by atoms with Crippen LogP contribution in [0.2, 0.25) is 10.0 Å². The van der Waals surface area contributed by atoms with E-state index in [1.54, 1.807) is 30.3 Å². The van der Waals surface area contributed by atoms with Gasteiger partial charge in [0.1, 0.15) is 5.58 Å². The summed E-state index contributed by atoms with van der Waals surface area (Å²) in [6.45, 7) is 3.80. The molecule has 0 aliphatic heterocycles. The Morgan fingerprint density at radius 2 is 1.74 bits per heavy atom. The van der Waals surface area contributed by atoms with Crippen molar-refractivity contribution in [3.05, 3.63) is 87.6 Å². The maximum atomic E-state index is 13.1. The van der Waals surface area contributed by atoms with Crippen LogP contribution in [0.25, 0.3) is 22.1 Å². The minimum absolute atomic E-state index is 0.0243. The maximum absolute atomic E-state index is 13.1. The molecule has 7 nitrogen and oxygen atoms in total. The van der Waals surface area contributed by atoms with E-state index in [1.165, 1.54) is 12.1 Å². The van der Waals surface area contributed by atoms with Gasteiger partial charge in [-0.1, -0.05) is 67.7 Å². The second-order valence-corrected chi connectivity index (χ2v) is 12.3. The molecule has 0 aliphatic rings. The average Bonchev–Trinajstić information content (AvgIpc) is 3.22. The number of sulfonamides is 1. The number of anilines is 1. The Hall–Kier alpha value is -3.33. The third-order valence-corrected chi connectivity index (χ3v) is 8.28. The first-order valence-electron chi connectivity index (χ1n) is 12.3.